The molecule has 2 aromatic carbocycles. The molecule has 0 fully saturated rings. The molecule has 9 nitrogen and oxygen atoms in total. The fraction of sp³-hybridized carbons (Fsp3) is 0.200. The average molecular weight is 525 g/mol. The Morgan fingerprint density at radius 2 is 2.03 bits per heavy atom. The molecule has 1 N–H and O–H groups in total. The smallest absolute Gasteiger partial charge is 0.346 e. The predicted molar refractivity (Wildman–Crippen MR) is 137 cm³/mol. The maximum Gasteiger partial charge on any atom is 0.346 e. The van der Waals surface area contributed by atoms with Gasteiger partial charge in [-0.25, -0.2) is 9.78 Å². The fourth-order valence-electron chi connectivity index (χ4n) is 3.41. The van der Waals surface area contributed by atoms with Gasteiger partial charge in [-0.05, 0) is 49.5 Å². The van der Waals surface area contributed by atoms with Crippen LogP contribution in [0.1, 0.15) is 11.3 Å². The quantitative estimate of drug-likeness (QED) is 0.341. The number of likely N-dealkylation sites (N-methyl/N-ethyl adjacent to an activating group) is 2. The van der Waals surface area contributed by atoms with E-state index in [0.29, 0.717) is 62.7 Å². The van der Waals surface area contributed by atoms with Crippen molar-refractivity contribution in [3.05, 3.63) is 76.0 Å². The van der Waals surface area contributed by atoms with E-state index in [4.69, 9.17) is 37.9 Å². The van der Waals surface area contributed by atoms with Crippen molar-refractivity contribution in [2.75, 3.05) is 27.2 Å². The minimum atomic E-state index is -0.291. The molecule has 1 amide bonds. The van der Waals surface area contributed by atoms with E-state index in [1.165, 1.54) is 10.7 Å². The second-order valence-corrected chi connectivity index (χ2v) is 8.65. The third-order valence-corrected chi connectivity index (χ3v) is 5.76. The molecule has 0 saturated carbocycles. The highest BCUT2D eigenvalue weighted by molar-refractivity contribution is 6.32. The van der Waals surface area contributed by atoms with Crippen LogP contribution >= 0.6 is 23.2 Å². The minimum Gasteiger partial charge on any atom is -0.487 e. The molecule has 0 spiro atoms. The van der Waals surface area contributed by atoms with Crippen molar-refractivity contribution >= 4 is 40.3 Å². The summed E-state index contributed by atoms with van der Waals surface area (Å²) in [5.74, 6) is 1.18. The summed E-state index contributed by atoms with van der Waals surface area (Å²) >= 11 is 12.4. The number of rotatable bonds is 8. The first-order chi connectivity index (χ1) is 17.4. The summed E-state index contributed by atoms with van der Waals surface area (Å²) in [6, 6.07) is 15.0. The summed E-state index contributed by atoms with van der Waals surface area (Å²) in [6.45, 7) is 1.25. The first-order valence-electron chi connectivity index (χ1n) is 10.9. The van der Waals surface area contributed by atoms with Crippen LogP contribution in [0.3, 0.4) is 0 Å². The molecular weight excluding hydrogens is 503 g/mol. The summed E-state index contributed by atoms with van der Waals surface area (Å²) in [6.07, 6.45) is 1.61. The molecule has 11 heteroatoms. The van der Waals surface area contributed by atoms with Crippen molar-refractivity contribution in [3.63, 3.8) is 0 Å². The summed E-state index contributed by atoms with van der Waals surface area (Å²) in [5, 5.41) is 18.1. The van der Waals surface area contributed by atoms with Gasteiger partial charge in [0.15, 0.2) is 5.65 Å². The number of nitrogens with zero attached hydrogens (tertiary/aromatic N) is 5. The summed E-state index contributed by atoms with van der Waals surface area (Å²) in [5.41, 5.74) is 1.37. The molecule has 0 aliphatic carbocycles. The van der Waals surface area contributed by atoms with E-state index in [9.17, 15) is 4.79 Å². The first-order valence-corrected chi connectivity index (χ1v) is 11.7. The second-order valence-electron chi connectivity index (χ2n) is 7.81. The summed E-state index contributed by atoms with van der Waals surface area (Å²) < 4.78 is 13.1. The van der Waals surface area contributed by atoms with Crippen molar-refractivity contribution in [2.45, 2.75) is 6.61 Å². The van der Waals surface area contributed by atoms with E-state index in [1.807, 2.05) is 19.2 Å². The van der Waals surface area contributed by atoms with Crippen LogP contribution in [-0.4, -0.2) is 52.9 Å². The van der Waals surface area contributed by atoms with Crippen LogP contribution in [0.2, 0.25) is 10.0 Å². The third-order valence-electron chi connectivity index (χ3n) is 5.23. The lowest BCUT2D eigenvalue weighted by Crippen LogP contribution is -2.36. The fourth-order valence-corrected chi connectivity index (χ4v) is 3.79. The monoisotopic (exact) mass is 524 g/mol. The molecule has 0 aliphatic heterocycles. The zero-order valence-electron chi connectivity index (χ0n) is 19.5. The zero-order valence-corrected chi connectivity index (χ0v) is 21.0. The number of ether oxygens (including phenoxy) is 2. The Kier molecular flexibility index (Phi) is 7.90. The molecule has 36 heavy (non-hydrogen) atoms. The number of aromatic nitrogens is 3. The lowest BCUT2D eigenvalue weighted by molar-refractivity contribution is 0.208. The summed E-state index contributed by atoms with van der Waals surface area (Å²) in [7, 11) is 3.53. The van der Waals surface area contributed by atoms with Gasteiger partial charge in [0.05, 0.1) is 16.7 Å². The zero-order chi connectivity index (χ0) is 25.7. The maximum atomic E-state index is 12.9. The molecule has 0 unspecified atom stereocenters. The number of hydrogen-bond acceptors (Lipinski definition) is 7. The van der Waals surface area contributed by atoms with Crippen LogP contribution in [0.5, 0.6) is 17.2 Å². The Morgan fingerprint density at radius 3 is 2.81 bits per heavy atom. The first kappa shape index (κ1) is 25.3. The number of amides is 1. The largest absolute Gasteiger partial charge is 0.487 e. The number of nitriles is 1. The maximum absolute atomic E-state index is 12.9. The predicted octanol–water partition coefficient (Wildman–Crippen LogP) is 5.10. The molecule has 184 valence electrons. The SMILES string of the molecule is CNCCN(C)C(=O)n1nc(COc2ccc(Cl)c(Oc3cc(Cl)cc(C#N)c3)c2)c2cccnc21. The number of carbonyl (C=O) groups excluding carboxylic acids is 1. The van der Waals surface area contributed by atoms with E-state index in [-0.39, 0.29) is 12.6 Å². The highest BCUT2D eigenvalue weighted by Crippen LogP contribution is 2.34. The van der Waals surface area contributed by atoms with Crippen LogP contribution in [0.4, 0.5) is 4.79 Å². The number of carbonyl (C=O) groups is 1. The van der Waals surface area contributed by atoms with Crippen molar-refractivity contribution in [2.24, 2.45) is 0 Å². The minimum absolute atomic E-state index is 0.0829. The van der Waals surface area contributed by atoms with Gasteiger partial charge in [-0.15, -0.1) is 0 Å². The van der Waals surface area contributed by atoms with Crippen molar-refractivity contribution in [1.82, 2.24) is 25.0 Å². The molecule has 2 heterocycles. The molecule has 0 aliphatic rings. The molecule has 0 radical (unpaired) electrons. The molecule has 0 bridgehead atoms. The molecule has 4 rings (SSSR count). The van der Waals surface area contributed by atoms with E-state index in [2.05, 4.69) is 15.4 Å². The molecular formula is C25H22Cl2N6O3. The Labute approximate surface area is 217 Å². The van der Waals surface area contributed by atoms with E-state index in [0.717, 1.165) is 0 Å². The van der Waals surface area contributed by atoms with Crippen molar-refractivity contribution in [1.29, 1.82) is 5.26 Å². The van der Waals surface area contributed by atoms with E-state index in [1.54, 1.807) is 54.5 Å². The van der Waals surface area contributed by atoms with Gasteiger partial charge in [0, 0.05) is 42.8 Å². The van der Waals surface area contributed by atoms with Gasteiger partial charge < -0.3 is 19.7 Å². The highest BCUT2D eigenvalue weighted by atomic mass is 35.5. The Hall–Kier alpha value is -3.84. The Morgan fingerprint density at radius 1 is 1.19 bits per heavy atom. The van der Waals surface area contributed by atoms with Gasteiger partial charge in [-0.1, -0.05) is 23.2 Å². The van der Waals surface area contributed by atoms with E-state index >= 15 is 0 Å². The standard InChI is InChI=1S/C25H22Cl2N6O3/c1-29-8-9-32(2)25(34)33-24-20(4-3-7-30-24)22(31-33)15-35-18-5-6-21(27)23(13-18)36-19-11-16(14-28)10-17(26)12-19/h3-7,10-13,29H,8-9,15H2,1-2H3. The van der Waals surface area contributed by atoms with Crippen molar-refractivity contribution in [3.8, 4) is 23.3 Å². The van der Waals surface area contributed by atoms with Crippen LogP contribution in [0.15, 0.2) is 54.7 Å². The number of benzene rings is 2. The van der Waals surface area contributed by atoms with Crippen LogP contribution < -0.4 is 14.8 Å². The van der Waals surface area contributed by atoms with E-state index < -0.39 is 0 Å². The van der Waals surface area contributed by atoms with Crippen LogP contribution in [-0.2, 0) is 6.61 Å². The van der Waals surface area contributed by atoms with Gasteiger partial charge in [0.2, 0.25) is 0 Å². The van der Waals surface area contributed by atoms with Crippen molar-refractivity contribution < 1.29 is 14.3 Å². The lowest BCUT2D eigenvalue weighted by atomic mass is 10.2. The van der Waals surface area contributed by atoms with Gasteiger partial charge in [0.1, 0.15) is 29.5 Å². The van der Waals surface area contributed by atoms with Gasteiger partial charge in [-0.2, -0.15) is 15.0 Å². The number of halogens is 2. The highest BCUT2D eigenvalue weighted by Gasteiger charge is 2.20. The van der Waals surface area contributed by atoms with Gasteiger partial charge in [0.25, 0.3) is 0 Å². The topological polar surface area (TPSA) is 105 Å². The Balaban J connectivity index is 1.55. The average Bonchev–Trinajstić information content (AvgIpc) is 3.25. The molecule has 0 saturated heterocycles. The molecule has 0 atom stereocenters. The number of hydrogen-bond donors (Lipinski definition) is 1. The lowest BCUT2D eigenvalue weighted by Gasteiger charge is -2.16. The van der Waals surface area contributed by atoms with Gasteiger partial charge >= 0.3 is 6.03 Å². The summed E-state index contributed by atoms with van der Waals surface area (Å²) in [4.78, 5) is 18.8. The number of nitrogens with one attached hydrogen (secondary N) is 1. The van der Waals surface area contributed by atoms with Gasteiger partial charge in [-0.3, -0.25) is 0 Å². The third kappa shape index (κ3) is 5.69. The van der Waals surface area contributed by atoms with Crippen LogP contribution in [0, 0.1) is 11.3 Å². The Bertz CT molecular complexity index is 1450. The van der Waals surface area contributed by atoms with Crippen LogP contribution in [0.25, 0.3) is 11.0 Å². The second kappa shape index (κ2) is 11.3. The number of pyridine rings is 1. The molecule has 2 aromatic heterocycles. The number of fused-ring (bicyclic) bond motifs is 1. The normalized spacial score (nSPS) is 10.8. The molecule has 4 aromatic rings.